The average molecular weight is 381 g/mol. The third-order valence-electron chi connectivity index (χ3n) is 5.54. The molecule has 148 valence electrons. The number of likely N-dealkylation sites (tertiary alicyclic amines) is 1. The largest absolute Gasteiger partial charge is 0.384 e. The zero-order valence-corrected chi connectivity index (χ0v) is 16.4. The van der Waals surface area contributed by atoms with Gasteiger partial charge in [0.05, 0.1) is 13.0 Å². The number of hydrogen-bond donors (Lipinski definition) is 1. The number of aryl methyl sites for hydroxylation is 1. The summed E-state index contributed by atoms with van der Waals surface area (Å²) in [6, 6.07) is 6.13. The Labute approximate surface area is 165 Å². The number of aromatic nitrogens is 3. The minimum absolute atomic E-state index is 0.181. The van der Waals surface area contributed by atoms with E-state index in [0.717, 1.165) is 62.4 Å². The van der Waals surface area contributed by atoms with E-state index in [4.69, 9.17) is 14.7 Å². The maximum Gasteiger partial charge on any atom is 0.224 e. The normalized spacial score (nSPS) is 16.8. The molecular formula is C21H27N5O2. The van der Waals surface area contributed by atoms with E-state index in [0.29, 0.717) is 24.9 Å². The Kier molecular flexibility index (Phi) is 5.81. The molecule has 0 unspecified atom stereocenters. The van der Waals surface area contributed by atoms with Crippen LogP contribution in [0.2, 0.25) is 0 Å². The van der Waals surface area contributed by atoms with Crippen molar-refractivity contribution in [3.8, 4) is 11.5 Å². The first-order chi connectivity index (χ1) is 13.7. The molecule has 3 heterocycles. The predicted molar refractivity (Wildman–Crippen MR) is 107 cm³/mol. The number of amides is 1. The molecule has 1 aliphatic heterocycles. The first-order valence-electron chi connectivity index (χ1n) is 10.1. The molecule has 1 amide bonds. The van der Waals surface area contributed by atoms with E-state index >= 15 is 0 Å². The number of rotatable bonds is 6. The van der Waals surface area contributed by atoms with Crippen LogP contribution in [0, 0.1) is 0 Å². The van der Waals surface area contributed by atoms with Crippen LogP contribution in [0.1, 0.15) is 36.9 Å². The summed E-state index contributed by atoms with van der Waals surface area (Å²) in [6.45, 7) is 2.04. The summed E-state index contributed by atoms with van der Waals surface area (Å²) in [6.07, 6.45) is 7.23. The molecule has 1 fully saturated rings. The van der Waals surface area contributed by atoms with Gasteiger partial charge in [-0.15, -0.1) is 0 Å². The molecule has 0 aromatic carbocycles. The molecule has 0 atom stereocenters. The molecule has 2 aromatic rings. The van der Waals surface area contributed by atoms with E-state index in [1.807, 2.05) is 23.1 Å². The molecular weight excluding hydrogens is 354 g/mol. The topological polar surface area (TPSA) is 80.2 Å². The number of anilines is 1. The molecule has 0 bridgehead atoms. The van der Waals surface area contributed by atoms with Gasteiger partial charge in [0.1, 0.15) is 11.5 Å². The standard InChI is InChI=1S/C21H27N5O2/c1-28-14-10-19(27)26-12-8-15(9-13-26)23-20-16-5-4-7-17(16)24-21(25-20)18-6-2-3-11-22-18/h2-3,6,11,15H,4-5,7-10,12-14H2,1H3,(H,23,24,25). The number of methoxy groups -OCH3 is 1. The molecule has 4 rings (SSSR count). The molecule has 28 heavy (non-hydrogen) atoms. The van der Waals surface area contributed by atoms with Crippen molar-refractivity contribution in [3.63, 3.8) is 0 Å². The van der Waals surface area contributed by atoms with Crippen molar-refractivity contribution in [1.29, 1.82) is 0 Å². The van der Waals surface area contributed by atoms with E-state index < -0.39 is 0 Å². The van der Waals surface area contributed by atoms with Crippen molar-refractivity contribution in [3.05, 3.63) is 35.7 Å². The SMILES string of the molecule is COCCC(=O)N1CCC(Nc2nc(-c3ccccn3)nc3c2CCC3)CC1. The summed E-state index contributed by atoms with van der Waals surface area (Å²) in [5.74, 6) is 1.82. The van der Waals surface area contributed by atoms with Crippen LogP contribution in [-0.2, 0) is 22.4 Å². The van der Waals surface area contributed by atoms with E-state index in [1.54, 1.807) is 13.3 Å². The van der Waals surface area contributed by atoms with Crippen LogP contribution in [0.25, 0.3) is 11.5 Å². The van der Waals surface area contributed by atoms with Crippen LogP contribution in [0.5, 0.6) is 0 Å². The molecule has 0 saturated carbocycles. The second kappa shape index (κ2) is 8.65. The minimum Gasteiger partial charge on any atom is -0.384 e. The number of pyridine rings is 1. The lowest BCUT2D eigenvalue weighted by atomic mass is 10.0. The van der Waals surface area contributed by atoms with Crippen molar-refractivity contribution in [2.45, 2.75) is 44.6 Å². The molecule has 2 aliphatic rings. The van der Waals surface area contributed by atoms with Gasteiger partial charge in [-0.1, -0.05) is 6.07 Å². The lowest BCUT2D eigenvalue weighted by Gasteiger charge is -2.33. The van der Waals surface area contributed by atoms with Crippen molar-refractivity contribution >= 4 is 11.7 Å². The van der Waals surface area contributed by atoms with Gasteiger partial charge in [-0.25, -0.2) is 9.97 Å². The Balaban J connectivity index is 1.45. The summed E-state index contributed by atoms with van der Waals surface area (Å²) >= 11 is 0. The van der Waals surface area contributed by atoms with Gasteiger partial charge >= 0.3 is 0 Å². The Morgan fingerprint density at radius 3 is 2.86 bits per heavy atom. The van der Waals surface area contributed by atoms with Gasteiger partial charge in [-0.05, 0) is 44.2 Å². The summed E-state index contributed by atoms with van der Waals surface area (Å²) < 4.78 is 5.01. The Morgan fingerprint density at radius 2 is 2.11 bits per heavy atom. The Morgan fingerprint density at radius 1 is 1.25 bits per heavy atom. The smallest absolute Gasteiger partial charge is 0.224 e. The monoisotopic (exact) mass is 381 g/mol. The molecule has 0 spiro atoms. The highest BCUT2D eigenvalue weighted by atomic mass is 16.5. The number of carbonyl (C=O) groups is 1. The lowest BCUT2D eigenvalue weighted by Crippen LogP contribution is -2.42. The van der Waals surface area contributed by atoms with Crippen molar-refractivity contribution < 1.29 is 9.53 Å². The maximum absolute atomic E-state index is 12.2. The van der Waals surface area contributed by atoms with Crippen LogP contribution in [0.3, 0.4) is 0 Å². The van der Waals surface area contributed by atoms with Crippen molar-refractivity contribution in [2.75, 3.05) is 32.1 Å². The van der Waals surface area contributed by atoms with Crippen molar-refractivity contribution in [1.82, 2.24) is 19.9 Å². The van der Waals surface area contributed by atoms with E-state index in [-0.39, 0.29) is 5.91 Å². The van der Waals surface area contributed by atoms with Gasteiger partial charge in [0.2, 0.25) is 5.91 Å². The second-order valence-electron chi connectivity index (χ2n) is 7.43. The number of hydrogen-bond acceptors (Lipinski definition) is 6. The fourth-order valence-corrected chi connectivity index (χ4v) is 3.98. The molecule has 7 heteroatoms. The van der Waals surface area contributed by atoms with Crippen LogP contribution >= 0.6 is 0 Å². The van der Waals surface area contributed by atoms with Gasteiger partial charge < -0.3 is 15.0 Å². The van der Waals surface area contributed by atoms with Gasteiger partial charge in [0, 0.05) is 43.7 Å². The molecule has 0 radical (unpaired) electrons. The summed E-state index contributed by atoms with van der Waals surface area (Å²) in [5.41, 5.74) is 3.20. The highest BCUT2D eigenvalue weighted by Crippen LogP contribution is 2.30. The van der Waals surface area contributed by atoms with Crippen molar-refractivity contribution in [2.24, 2.45) is 0 Å². The highest BCUT2D eigenvalue weighted by molar-refractivity contribution is 5.76. The number of ether oxygens (including phenoxy) is 1. The second-order valence-corrected chi connectivity index (χ2v) is 7.43. The molecule has 2 aromatic heterocycles. The number of piperidine rings is 1. The van der Waals surface area contributed by atoms with Gasteiger partial charge in [0.25, 0.3) is 0 Å². The molecule has 1 saturated heterocycles. The number of nitrogens with zero attached hydrogens (tertiary/aromatic N) is 4. The summed E-state index contributed by atoms with van der Waals surface area (Å²) in [7, 11) is 1.63. The fourth-order valence-electron chi connectivity index (χ4n) is 3.98. The van der Waals surface area contributed by atoms with Crippen LogP contribution < -0.4 is 5.32 Å². The Hall–Kier alpha value is -2.54. The average Bonchev–Trinajstić information content (AvgIpc) is 3.22. The highest BCUT2D eigenvalue weighted by Gasteiger charge is 2.26. The van der Waals surface area contributed by atoms with Crippen LogP contribution in [0.15, 0.2) is 24.4 Å². The fraction of sp³-hybridized carbons (Fsp3) is 0.524. The quantitative estimate of drug-likeness (QED) is 0.828. The lowest BCUT2D eigenvalue weighted by molar-refractivity contribution is -0.133. The molecule has 1 N–H and O–H groups in total. The predicted octanol–water partition coefficient (Wildman–Crippen LogP) is 2.47. The zero-order valence-electron chi connectivity index (χ0n) is 16.4. The minimum atomic E-state index is 0.181. The molecule has 7 nitrogen and oxygen atoms in total. The first-order valence-corrected chi connectivity index (χ1v) is 10.1. The van der Waals surface area contributed by atoms with Gasteiger partial charge in [-0.2, -0.15) is 0 Å². The van der Waals surface area contributed by atoms with Crippen LogP contribution in [-0.4, -0.2) is 58.6 Å². The van der Waals surface area contributed by atoms with E-state index in [9.17, 15) is 4.79 Å². The third kappa shape index (κ3) is 4.14. The summed E-state index contributed by atoms with van der Waals surface area (Å²) in [5, 5.41) is 3.65. The number of carbonyl (C=O) groups excluding carboxylic acids is 1. The first kappa shape index (κ1) is 18.8. The van der Waals surface area contributed by atoms with Gasteiger partial charge in [-0.3, -0.25) is 9.78 Å². The maximum atomic E-state index is 12.2. The Bertz CT molecular complexity index is 819. The third-order valence-corrected chi connectivity index (χ3v) is 5.54. The van der Waals surface area contributed by atoms with Crippen LogP contribution in [0.4, 0.5) is 5.82 Å². The summed E-state index contributed by atoms with van der Waals surface area (Å²) in [4.78, 5) is 28.1. The molecule has 1 aliphatic carbocycles. The van der Waals surface area contributed by atoms with E-state index in [2.05, 4.69) is 10.3 Å². The number of fused-ring (bicyclic) bond motifs is 1. The number of nitrogens with one attached hydrogen (secondary N) is 1. The van der Waals surface area contributed by atoms with Gasteiger partial charge in [0.15, 0.2) is 5.82 Å². The van der Waals surface area contributed by atoms with E-state index in [1.165, 1.54) is 5.56 Å². The zero-order chi connectivity index (χ0) is 19.3.